The largest absolute Gasteiger partial charge is 0.252 e. The van der Waals surface area contributed by atoms with Gasteiger partial charge in [0.25, 0.3) is 0 Å². The van der Waals surface area contributed by atoms with Crippen LogP contribution in [0.3, 0.4) is 0 Å². The van der Waals surface area contributed by atoms with Gasteiger partial charge in [-0.25, -0.2) is 4.98 Å². The van der Waals surface area contributed by atoms with Crippen LogP contribution in [-0.2, 0) is 0 Å². The summed E-state index contributed by atoms with van der Waals surface area (Å²) in [5.74, 6) is 4.36. The van der Waals surface area contributed by atoms with E-state index in [1.54, 1.807) is 0 Å². The van der Waals surface area contributed by atoms with E-state index in [9.17, 15) is 0 Å². The van der Waals surface area contributed by atoms with Gasteiger partial charge in [0.2, 0.25) is 0 Å². The summed E-state index contributed by atoms with van der Waals surface area (Å²) >= 11 is 1.95. The molecule has 0 N–H and O–H groups in total. The van der Waals surface area contributed by atoms with Crippen LogP contribution in [-0.4, -0.2) is 15.7 Å². The van der Waals surface area contributed by atoms with Crippen LogP contribution in [0.25, 0.3) is 11.0 Å². The highest BCUT2D eigenvalue weighted by Crippen LogP contribution is 2.61. The smallest absolute Gasteiger partial charge is 0.115 e. The second kappa shape index (κ2) is 4.95. The van der Waals surface area contributed by atoms with Gasteiger partial charge in [-0.1, -0.05) is 12.1 Å². The third-order valence-corrected chi connectivity index (χ3v) is 7.37. The second-order valence-electron chi connectivity index (χ2n) is 7.90. The number of hydrogen-bond donors (Lipinski definition) is 0. The molecule has 3 heteroatoms. The normalized spacial score (nSPS) is 36.1. The quantitative estimate of drug-likeness (QED) is 0.751. The Kier molecular flexibility index (Phi) is 3.01. The summed E-state index contributed by atoms with van der Waals surface area (Å²) in [6.45, 7) is 0. The summed E-state index contributed by atoms with van der Waals surface area (Å²) in [7, 11) is 0. The molecule has 0 atom stereocenters. The minimum Gasteiger partial charge on any atom is -0.252 e. The Balaban J connectivity index is 1.35. The van der Waals surface area contributed by atoms with Crippen LogP contribution in [0.4, 0.5) is 0 Å². The molecule has 0 amide bonds. The lowest BCUT2D eigenvalue weighted by Gasteiger charge is -2.56. The number of thioether (sulfide) groups is 1. The maximum absolute atomic E-state index is 4.79. The van der Waals surface area contributed by atoms with Gasteiger partial charge >= 0.3 is 0 Å². The highest BCUT2D eigenvalue weighted by atomic mass is 32.2. The molecule has 2 nitrogen and oxygen atoms in total. The lowest BCUT2D eigenvalue weighted by molar-refractivity contribution is -0.0381. The van der Waals surface area contributed by atoms with Crippen molar-refractivity contribution >= 4 is 22.8 Å². The molecule has 0 spiro atoms. The Hall–Kier alpha value is -1.09. The molecule has 2 aromatic rings. The molecule has 0 radical (unpaired) electrons. The second-order valence-corrected chi connectivity index (χ2v) is 8.90. The van der Waals surface area contributed by atoms with Crippen molar-refractivity contribution in [2.24, 2.45) is 23.2 Å². The van der Waals surface area contributed by atoms with Gasteiger partial charge in [0.15, 0.2) is 0 Å². The zero-order valence-corrected chi connectivity index (χ0v) is 13.7. The van der Waals surface area contributed by atoms with Crippen molar-refractivity contribution in [3.8, 4) is 0 Å². The number of aromatic nitrogens is 2. The number of nitrogens with zero attached hydrogens (tertiary/aromatic N) is 2. The SMILES string of the molecule is c1ccc2nc(SCC34CC5CC(CC(C5)C3)C4)cnc2c1. The van der Waals surface area contributed by atoms with Crippen LogP contribution in [0, 0.1) is 23.2 Å². The van der Waals surface area contributed by atoms with E-state index in [4.69, 9.17) is 4.98 Å². The van der Waals surface area contributed by atoms with Crippen molar-refractivity contribution in [1.82, 2.24) is 9.97 Å². The van der Waals surface area contributed by atoms with Crippen LogP contribution in [0.1, 0.15) is 38.5 Å². The van der Waals surface area contributed by atoms with Crippen molar-refractivity contribution in [2.45, 2.75) is 43.6 Å². The van der Waals surface area contributed by atoms with Gasteiger partial charge in [-0.05, 0) is 73.8 Å². The van der Waals surface area contributed by atoms with Crippen molar-refractivity contribution < 1.29 is 0 Å². The Morgan fingerprint density at radius 3 is 2.27 bits per heavy atom. The van der Waals surface area contributed by atoms with E-state index in [2.05, 4.69) is 11.1 Å². The summed E-state index contributed by atoms with van der Waals surface area (Å²) in [6.07, 6.45) is 11.0. The van der Waals surface area contributed by atoms with Gasteiger partial charge in [0, 0.05) is 5.75 Å². The van der Waals surface area contributed by atoms with E-state index in [0.717, 1.165) is 33.8 Å². The molecule has 1 aromatic carbocycles. The van der Waals surface area contributed by atoms with E-state index in [-0.39, 0.29) is 0 Å². The van der Waals surface area contributed by atoms with E-state index in [1.807, 2.05) is 36.2 Å². The zero-order valence-electron chi connectivity index (χ0n) is 12.9. The standard InChI is InChI=1S/C19H22N2S/c1-2-4-17-16(3-1)20-11-18(21-17)22-12-19-8-13-5-14(9-19)7-15(6-13)10-19/h1-4,11,13-15H,5-10,12H2. The predicted molar refractivity (Wildman–Crippen MR) is 90.9 cm³/mol. The first-order valence-corrected chi connectivity index (χ1v) is 9.61. The maximum atomic E-state index is 4.79. The first kappa shape index (κ1) is 13.4. The van der Waals surface area contributed by atoms with E-state index in [0.29, 0.717) is 5.41 Å². The van der Waals surface area contributed by atoms with Crippen LogP contribution >= 0.6 is 11.8 Å². The molecule has 0 unspecified atom stereocenters. The zero-order chi connectivity index (χ0) is 14.6. The monoisotopic (exact) mass is 310 g/mol. The molecule has 4 aliphatic rings. The van der Waals surface area contributed by atoms with Crippen LogP contribution in [0.15, 0.2) is 35.5 Å². The lowest BCUT2D eigenvalue weighted by atomic mass is 9.50. The van der Waals surface area contributed by atoms with Gasteiger partial charge in [-0.2, -0.15) is 0 Å². The summed E-state index contributed by atoms with van der Waals surface area (Å²) in [5.41, 5.74) is 2.65. The number of rotatable bonds is 3. The van der Waals surface area contributed by atoms with Crippen LogP contribution < -0.4 is 0 Å². The van der Waals surface area contributed by atoms with Crippen LogP contribution in [0.5, 0.6) is 0 Å². The Bertz CT molecular complexity index is 676. The molecule has 4 saturated carbocycles. The Morgan fingerprint density at radius 2 is 1.59 bits per heavy atom. The third-order valence-electron chi connectivity index (χ3n) is 6.12. The van der Waals surface area contributed by atoms with E-state index < -0.39 is 0 Å². The Morgan fingerprint density at radius 1 is 0.955 bits per heavy atom. The van der Waals surface area contributed by atoms with Gasteiger partial charge in [-0.15, -0.1) is 11.8 Å². The topological polar surface area (TPSA) is 25.8 Å². The summed E-state index contributed by atoms with van der Waals surface area (Å²) in [5, 5.41) is 1.11. The number of hydrogen-bond acceptors (Lipinski definition) is 3. The number of fused-ring (bicyclic) bond motifs is 1. The minimum atomic E-state index is 0.618. The fourth-order valence-electron chi connectivity index (χ4n) is 5.70. The maximum Gasteiger partial charge on any atom is 0.115 e. The molecule has 6 rings (SSSR count). The summed E-state index contributed by atoms with van der Waals surface area (Å²) in [4.78, 5) is 9.36. The molecule has 1 aromatic heterocycles. The summed E-state index contributed by atoms with van der Waals surface area (Å²) < 4.78 is 0. The first-order chi connectivity index (χ1) is 10.8. The van der Waals surface area contributed by atoms with E-state index in [1.165, 1.54) is 44.3 Å². The molecular weight excluding hydrogens is 288 g/mol. The van der Waals surface area contributed by atoms with Crippen molar-refractivity contribution in [3.05, 3.63) is 30.5 Å². The highest BCUT2D eigenvalue weighted by Gasteiger charge is 2.50. The first-order valence-electron chi connectivity index (χ1n) is 8.63. The van der Waals surface area contributed by atoms with Crippen molar-refractivity contribution in [1.29, 1.82) is 0 Å². The fraction of sp³-hybridized carbons (Fsp3) is 0.579. The molecule has 0 saturated heterocycles. The minimum absolute atomic E-state index is 0.618. The van der Waals surface area contributed by atoms with Gasteiger partial charge in [0.05, 0.1) is 17.2 Å². The average molecular weight is 310 g/mol. The molecule has 4 fully saturated rings. The third kappa shape index (κ3) is 2.25. The van der Waals surface area contributed by atoms with Crippen LogP contribution in [0.2, 0.25) is 0 Å². The molecule has 114 valence electrons. The van der Waals surface area contributed by atoms with E-state index >= 15 is 0 Å². The average Bonchev–Trinajstić information content (AvgIpc) is 2.52. The molecule has 4 aliphatic carbocycles. The van der Waals surface area contributed by atoms with Crippen molar-refractivity contribution in [3.63, 3.8) is 0 Å². The summed E-state index contributed by atoms with van der Waals surface area (Å²) in [6, 6.07) is 8.18. The molecular formula is C19H22N2S. The van der Waals surface area contributed by atoms with Gasteiger partial charge < -0.3 is 0 Å². The molecule has 1 heterocycles. The molecule has 4 bridgehead atoms. The number of para-hydroxylation sites is 2. The van der Waals surface area contributed by atoms with Crippen molar-refractivity contribution in [2.75, 3.05) is 5.75 Å². The fourth-order valence-corrected chi connectivity index (χ4v) is 6.80. The molecule has 0 aliphatic heterocycles. The number of benzene rings is 1. The molecule has 22 heavy (non-hydrogen) atoms. The lowest BCUT2D eigenvalue weighted by Crippen LogP contribution is -2.47. The Labute approximate surface area is 136 Å². The van der Waals surface area contributed by atoms with Gasteiger partial charge in [0.1, 0.15) is 5.03 Å². The highest BCUT2D eigenvalue weighted by molar-refractivity contribution is 7.99. The van der Waals surface area contributed by atoms with Gasteiger partial charge in [-0.3, -0.25) is 4.98 Å². The predicted octanol–water partition coefficient (Wildman–Crippen LogP) is 4.94.